The average molecular weight is 303 g/mol. The highest BCUT2D eigenvalue weighted by Gasteiger charge is 2.59. The average Bonchev–Trinajstić information content (AvgIpc) is 2.76. The topological polar surface area (TPSA) is 88.5 Å². The van der Waals surface area contributed by atoms with Gasteiger partial charge in [0.15, 0.2) is 5.79 Å². The monoisotopic (exact) mass is 303 g/mol. The maximum Gasteiger partial charge on any atom is 0.411 e. The van der Waals surface area contributed by atoms with Gasteiger partial charge in [-0.15, -0.1) is 0 Å². The van der Waals surface area contributed by atoms with E-state index in [9.17, 15) is 15.0 Å². The minimum absolute atomic E-state index is 0.281. The van der Waals surface area contributed by atoms with E-state index in [1.54, 1.807) is 34.6 Å². The minimum atomic E-state index is -0.795. The lowest BCUT2D eigenvalue weighted by molar-refractivity contribution is -0.170. The summed E-state index contributed by atoms with van der Waals surface area (Å²) in [5.74, 6) is -0.795. The molecule has 0 aromatic heterocycles. The molecule has 2 rings (SSSR count). The van der Waals surface area contributed by atoms with E-state index in [-0.39, 0.29) is 13.2 Å². The lowest BCUT2D eigenvalue weighted by Gasteiger charge is -2.34. The Balaban J connectivity index is 2.24. The van der Waals surface area contributed by atoms with Crippen LogP contribution < -0.4 is 0 Å². The second-order valence-electron chi connectivity index (χ2n) is 6.95. The molecule has 0 aliphatic carbocycles. The summed E-state index contributed by atoms with van der Waals surface area (Å²) in [5, 5.41) is 19.3. The number of rotatable bonds is 2. The molecule has 2 N–H and O–H groups in total. The number of hydrogen-bond donors (Lipinski definition) is 2. The number of nitrogens with zero attached hydrogens (tertiary/aromatic N) is 1. The third-order valence-corrected chi connectivity index (χ3v) is 3.62. The highest BCUT2D eigenvalue weighted by molar-refractivity contribution is 5.70. The normalized spacial score (nSPS) is 34.9. The van der Waals surface area contributed by atoms with Crippen LogP contribution in [-0.4, -0.2) is 70.1 Å². The smallest absolute Gasteiger partial charge is 0.411 e. The van der Waals surface area contributed by atoms with Crippen LogP contribution in [0.15, 0.2) is 0 Å². The maximum absolute atomic E-state index is 12.4. The predicted molar refractivity (Wildman–Crippen MR) is 73.6 cm³/mol. The summed E-state index contributed by atoms with van der Waals surface area (Å²) in [6.07, 6.45) is -1.54. The Morgan fingerprint density at radius 2 is 1.57 bits per heavy atom. The Bertz CT molecular complexity index is 383. The molecule has 2 saturated heterocycles. The molecule has 21 heavy (non-hydrogen) atoms. The van der Waals surface area contributed by atoms with E-state index in [4.69, 9.17) is 14.2 Å². The van der Waals surface area contributed by atoms with Crippen LogP contribution in [0.1, 0.15) is 34.6 Å². The van der Waals surface area contributed by atoms with Crippen LogP contribution in [0.2, 0.25) is 0 Å². The number of likely N-dealkylation sites (tertiary alicyclic amines) is 1. The Labute approximate surface area is 124 Å². The van der Waals surface area contributed by atoms with Crippen molar-refractivity contribution in [2.45, 2.75) is 70.3 Å². The number of aliphatic hydroxyl groups excluding tert-OH is 2. The summed E-state index contributed by atoms with van der Waals surface area (Å²) < 4.78 is 16.9. The molecule has 4 atom stereocenters. The van der Waals surface area contributed by atoms with Crippen LogP contribution in [-0.2, 0) is 14.2 Å². The van der Waals surface area contributed by atoms with Gasteiger partial charge in [0.2, 0.25) is 0 Å². The quantitative estimate of drug-likeness (QED) is 0.771. The lowest BCUT2D eigenvalue weighted by Crippen LogP contribution is -2.50. The van der Waals surface area contributed by atoms with E-state index in [2.05, 4.69) is 0 Å². The molecule has 1 amide bonds. The van der Waals surface area contributed by atoms with Crippen LogP contribution in [0.3, 0.4) is 0 Å². The minimum Gasteiger partial charge on any atom is -0.444 e. The molecule has 2 aliphatic rings. The van der Waals surface area contributed by atoms with Crippen LogP contribution in [0.25, 0.3) is 0 Å². The first-order valence-corrected chi connectivity index (χ1v) is 7.18. The van der Waals surface area contributed by atoms with Crippen molar-refractivity contribution >= 4 is 6.09 Å². The molecular weight excluding hydrogens is 278 g/mol. The number of carbonyl (C=O) groups excluding carboxylic acids is 1. The van der Waals surface area contributed by atoms with Gasteiger partial charge < -0.3 is 24.4 Å². The summed E-state index contributed by atoms with van der Waals surface area (Å²) in [4.78, 5) is 13.7. The van der Waals surface area contributed by atoms with Crippen LogP contribution in [0, 0.1) is 0 Å². The van der Waals surface area contributed by atoms with Gasteiger partial charge in [-0.25, -0.2) is 4.79 Å². The molecule has 7 nitrogen and oxygen atoms in total. The van der Waals surface area contributed by atoms with E-state index in [1.807, 2.05) is 0 Å². The predicted octanol–water partition coefficient (Wildman–Crippen LogP) is 0.479. The third-order valence-electron chi connectivity index (χ3n) is 3.62. The molecule has 0 radical (unpaired) electrons. The molecule has 0 aromatic carbocycles. The Morgan fingerprint density at radius 3 is 1.90 bits per heavy atom. The van der Waals surface area contributed by atoms with Crippen molar-refractivity contribution in [3.05, 3.63) is 0 Å². The molecule has 0 spiro atoms. The number of amides is 1. The van der Waals surface area contributed by atoms with E-state index >= 15 is 0 Å². The molecule has 0 unspecified atom stereocenters. The van der Waals surface area contributed by atoms with Crippen molar-refractivity contribution in [3.8, 4) is 0 Å². The Kier molecular flexibility index (Phi) is 4.23. The first kappa shape index (κ1) is 16.5. The lowest BCUT2D eigenvalue weighted by atomic mass is 10.1. The molecule has 0 bridgehead atoms. The second kappa shape index (κ2) is 5.39. The number of hydrogen-bond acceptors (Lipinski definition) is 6. The molecule has 2 fully saturated rings. The molecule has 2 aliphatic heterocycles. The Morgan fingerprint density at radius 1 is 1.14 bits per heavy atom. The zero-order chi connectivity index (χ0) is 16.0. The van der Waals surface area contributed by atoms with Crippen molar-refractivity contribution in [3.63, 3.8) is 0 Å². The Hall–Kier alpha value is -0.890. The van der Waals surface area contributed by atoms with E-state index in [0.717, 1.165) is 0 Å². The molecule has 0 aromatic rings. The van der Waals surface area contributed by atoms with Crippen molar-refractivity contribution < 1.29 is 29.2 Å². The number of ether oxygens (including phenoxy) is 3. The summed E-state index contributed by atoms with van der Waals surface area (Å²) >= 11 is 0. The highest BCUT2D eigenvalue weighted by atomic mass is 16.8. The van der Waals surface area contributed by atoms with Gasteiger partial charge in [-0.05, 0) is 34.6 Å². The fourth-order valence-corrected chi connectivity index (χ4v) is 2.94. The van der Waals surface area contributed by atoms with Crippen molar-refractivity contribution in [2.75, 3.05) is 13.2 Å². The fourth-order valence-electron chi connectivity index (χ4n) is 2.94. The van der Waals surface area contributed by atoms with Gasteiger partial charge in [0.1, 0.15) is 17.8 Å². The largest absolute Gasteiger partial charge is 0.444 e. The van der Waals surface area contributed by atoms with Gasteiger partial charge in [-0.1, -0.05) is 0 Å². The van der Waals surface area contributed by atoms with Gasteiger partial charge in [-0.2, -0.15) is 0 Å². The molecule has 7 heteroatoms. The van der Waals surface area contributed by atoms with Gasteiger partial charge in [0.05, 0.1) is 25.3 Å². The molecule has 0 saturated carbocycles. The van der Waals surface area contributed by atoms with E-state index in [0.29, 0.717) is 0 Å². The van der Waals surface area contributed by atoms with E-state index < -0.39 is 41.8 Å². The molecular formula is C14H25NO6. The summed E-state index contributed by atoms with van der Waals surface area (Å²) in [6.45, 7) is 8.27. The highest BCUT2D eigenvalue weighted by Crippen LogP contribution is 2.40. The third kappa shape index (κ3) is 3.15. The van der Waals surface area contributed by atoms with Crippen molar-refractivity contribution in [2.24, 2.45) is 0 Å². The van der Waals surface area contributed by atoms with Gasteiger partial charge in [0.25, 0.3) is 0 Å². The van der Waals surface area contributed by atoms with Gasteiger partial charge in [0, 0.05) is 0 Å². The van der Waals surface area contributed by atoms with Crippen molar-refractivity contribution in [1.82, 2.24) is 4.90 Å². The zero-order valence-electron chi connectivity index (χ0n) is 13.2. The standard InChI is InChI=1S/C14H25NO6/c1-13(2,3)21-12(18)15-8(6-16)10-11(9(15)7-17)20-14(4,5)19-10/h8-11,16-17H,6-7H2,1-5H3/t8-,9+,10-,11+. The number of aliphatic hydroxyl groups is 2. The van der Waals surface area contributed by atoms with Crippen LogP contribution in [0.5, 0.6) is 0 Å². The van der Waals surface area contributed by atoms with Gasteiger partial charge in [-0.3, -0.25) is 4.90 Å². The van der Waals surface area contributed by atoms with Crippen LogP contribution >= 0.6 is 0 Å². The molecule has 122 valence electrons. The SMILES string of the molecule is CC(C)(C)OC(=O)N1[C@H](CO)[C@H]2OC(C)(C)O[C@H]2[C@@H]1CO. The molecule has 2 heterocycles. The second-order valence-corrected chi connectivity index (χ2v) is 6.95. The summed E-state index contributed by atoms with van der Waals surface area (Å²) in [7, 11) is 0. The first-order valence-electron chi connectivity index (χ1n) is 7.18. The van der Waals surface area contributed by atoms with Crippen LogP contribution in [0.4, 0.5) is 4.79 Å². The van der Waals surface area contributed by atoms with Gasteiger partial charge >= 0.3 is 6.09 Å². The first-order chi connectivity index (χ1) is 9.59. The maximum atomic E-state index is 12.4. The van der Waals surface area contributed by atoms with Crippen molar-refractivity contribution in [1.29, 1.82) is 0 Å². The number of carbonyl (C=O) groups is 1. The zero-order valence-corrected chi connectivity index (χ0v) is 13.2. The fraction of sp³-hybridized carbons (Fsp3) is 0.929. The number of fused-ring (bicyclic) bond motifs is 1. The van der Waals surface area contributed by atoms with E-state index in [1.165, 1.54) is 4.90 Å². The summed E-state index contributed by atoms with van der Waals surface area (Å²) in [6, 6.07) is -1.19. The summed E-state index contributed by atoms with van der Waals surface area (Å²) in [5.41, 5.74) is -0.657.